The minimum Gasteiger partial charge on any atom is -0.481 e. The number of aromatic nitrogens is 1. The molecule has 0 spiro atoms. The van der Waals surface area contributed by atoms with Crippen LogP contribution < -0.4 is 4.74 Å². The molecule has 1 aromatic heterocycles. The lowest BCUT2D eigenvalue weighted by Crippen LogP contribution is -2.39. The second kappa shape index (κ2) is 6.58. The van der Waals surface area contributed by atoms with Crippen LogP contribution in [-0.2, 0) is 9.59 Å². The topological polar surface area (TPSA) is 79.7 Å². The monoisotopic (exact) mass is 252 g/mol. The van der Waals surface area contributed by atoms with E-state index in [0.29, 0.717) is 5.75 Å². The van der Waals surface area contributed by atoms with Crippen LogP contribution in [0.3, 0.4) is 0 Å². The molecule has 0 radical (unpaired) electrons. The summed E-state index contributed by atoms with van der Waals surface area (Å²) in [5, 5.41) is 8.54. The van der Waals surface area contributed by atoms with E-state index in [4.69, 9.17) is 9.84 Å². The largest absolute Gasteiger partial charge is 0.481 e. The molecule has 6 nitrogen and oxygen atoms in total. The Balaban J connectivity index is 2.48. The molecule has 1 rings (SSSR count). The molecule has 1 heterocycles. The number of likely N-dealkylation sites (N-methyl/N-ethyl adjacent to an activating group) is 1. The Morgan fingerprint density at radius 1 is 1.56 bits per heavy atom. The number of hydrogen-bond acceptors (Lipinski definition) is 4. The molecule has 0 fully saturated rings. The van der Waals surface area contributed by atoms with Crippen molar-refractivity contribution in [2.24, 2.45) is 0 Å². The van der Waals surface area contributed by atoms with Crippen molar-refractivity contribution in [2.45, 2.75) is 19.4 Å². The van der Waals surface area contributed by atoms with Gasteiger partial charge in [-0.2, -0.15) is 0 Å². The Morgan fingerprint density at radius 3 is 2.83 bits per heavy atom. The number of carbonyl (C=O) groups is 2. The van der Waals surface area contributed by atoms with Crippen molar-refractivity contribution in [3.8, 4) is 5.75 Å². The molecular formula is C12H16N2O4. The first kappa shape index (κ1) is 14.0. The minimum atomic E-state index is -0.935. The summed E-state index contributed by atoms with van der Waals surface area (Å²) < 4.78 is 5.40. The molecule has 0 aliphatic carbocycles. The number of carboxylic acids is 1. The van der Waals surface area contributed by atoms with Crippen molar-refractivity contribution in [2.75, 3.05) is 13.6 Å². The van der Waals surface area contributed by atoms with E-state index < -0.39 is 12.1 Å². The zero-order valence-electron chi connectivity index (χ0n) is 10.4. The molecule has 1 aromatic rings. The van der Waals surface area contributed by atoms with Gasteiger partial charge in [-0.3, -0.25) is 14.6 Å². The summed E-state index contributed by atoms with van der Waals surface area (Å²) in [5.74, 6) is -0.694. The van der Waals surface area contributed by atoms with Crippen LogP contribution in [0.4, 0.5) is 0 Å². The standard InChI is InChI=1S/C12H16N2O4/c1-9(18-10-4-3-6-13-8-10)12(17)14(2)7-5-11(15)16/h3-4,6,8-9H,5,7H2,1-2H3,(H,15,16). The van der Waals surface area contributed by atoms with Gasteiger partial charge in [0.15, 0.2) is 6.10 Å². The molecule has 1 N–H and O–H groups in total. The van der Waals surface area contributed by atoms with Gasteiger partial charge >= 0.3 is 5.97 Å². The van der Waals surface area contributed by atoms with Gasteiger partial charge in [0.05, 0.1) is 12.6 Å². The first-order valence-electron chi connectivity index (χ1n) is 5.54. The number of amides is 1. The van der Waals surface area contributed by atoms with Crippen molar-refractivity contribution in [3.63, 3.8) is 0 Å². The van der Waals surface area contributed by atoms with Crippen LogP contribution in [0.15, 0.2) is 24.5 Å². The van der Waals surface area contributed by atoms with E-state index in [2.05, 4.69) is 4.98 Å². The van der Waals surface area contributed by atoms with Crippen molar-refractivity contribution >= 4 is 11.9 Å². The lowest BCUT2D eigenvalue weighted by atomic mass is 10.3. The van der Waals surface area contributed by atoms with Crippen LogP contribution in [-0.4, -0.2) is 46.6 Å². The Bertz CT molecular complexity index is 408. The van der Waals surface area contributed by atoms with Crippen LogP contribution in [0.1, 0.15) is 13.3 Å². The molecule has 0 aliphatic heterocycles. The average molecular weight is 252 g/mol. The maximum atomic E-state index is 11.8. The van der Waals surface area contributed by atoms with E-state index in [-0.39, 0.29) is 18.9 Å². The summed E-state index contributed by atoms with van der Waals surface area (Å²) >= 11 is 0. The quantitative estimate of drug-likeness (QED) is 0.809. The minimum absolute atomic E-state index is 0.0815. The van der Waals surface area contributed by atoms with Crippen molar-refractivity contribution in [3.05, 3.63) is 24.5 Å². The maximum Gasteiger partial charge on any atom is 0.305 e. The number of hydrogen-bond donors (Lipinski definition) is 1. The molecule has 1 unspecified atom stereocenters. The molecule has 1 atom stereocenters. The van der Waals surface area contributed by atoms with Gasteiger partial charge in [0.2, 0.25) is 0 Å². The first-order chi connectivity index (χ1) is 8.50. The Labute approximate surface area is 105 Å². The molecule has 6 heteroatoms. The molecule has 0 saturated carbocycles. The average Bonchev–Trinajstić information content (AvgIpc) is 2.36. The van der Waals surface area contributed by atoms with Crippen LogP contribution in [0, 0.1) is 0 Å². The van der Waals surface area contributed by atoms with E-state index in [1.165, 1.54) is 11.1 Å². The van der Waals surface area contributed by atoms with E-state index in [9.17, 15) is 9.59 Å². The van der Waals surface area contributed by atoms with E-state index in [1.54, 1.807) is 32.3 Å². The normalized spacial score (nSPS) is 11.7. The molecule has 0 aliphatic rings. The van der Waals surface area contributed by atoms with Gasteiger partial charge in [-0.1, -0.05) is 0 Å². The zero-order chi connectivity index (χ0) is 13.5. The highest BCUT2D eigenvalue weighted by Crippen LogP contribution is 2.10. The predicted octanol–water partition coefficient (Wildman–Crippen LogP) is 0.782. The van der Waals surface area contributed by atoms with E-state index in [0.717, 1.165) is 0 Å². The highest BCUT2D eigenvalue weighted by Gasteiger charge is 2.19. The van der Waals surface area contributed by atoms with Crippen molar-refractivity contribution in [1.29, 1.82) is 0 Å². The van der Waals surface area contributed by atoms with E-state index in [1.807, 2.05) is 0 Å². The third-order valence-corrected chi connectivity index (χ3v) is 2.33. The van der Waals surface area contributed by atoms with Crippen LogP contribution in [0.25, 0.3) is 0 Å². The number of carbonyl (C=O) groups excluding carboxylic acids is 1. The SMILES string of the molecule is CC(Oc1cccnc1)C(=O)N(C)CCC(=O)O. The molecule has 0 bridgehead atoms. The highest BCUT2D eigenvalue weighted by atomic mass is 16.5. The van der Waals surface area contributed by atoms with Gasteiger partial charge in [-0.15, -0.1) is 0 Å². The molecular weight excluding hydrogens is 236 g/mol. The summed E-state index contributed by atoms with van der Waals surface area (Å²) in [6.45, 7) is 1.78. The number of carboxylic acid groups (broad SMARTS) is 1. The van der Waals surface area contributed by atoms with E-state index >= 15 is 0 Å². The number of pyridine rings is 1. The van der Waals surface area contributed by atoms with Crippen molar-refractivity contribution in [1.82, 2.24) is 9.88 Å². The van der Waals surface area contributed by atoms with Gasteiger partial charge in [-0.25, -0.2) is 0 Å². The van der Waals surface area contributed by atoms with Gasteiger partial charge in [-0.05, 0) is 19.1 Å². The van der Waals surface area contributed by atoms with Crippen LogP contribution in [0.5, 0.6) is 5.75 Å². The maximum absolute atomic E-state index is 11.8. The molecule has 0 saturated heterocycles. The summed E-state index contributed by atoms with van der Waals surface area (Å²) in [5.41, 5.74) is 0. The second-order valence-corrected chi connectivity index (χ2v) is 3.85. The van der Waals surface area contributed by atoms with Crippen molar-refractivity contribution < 1.29 is 19.4 Å². The summed E-state index contributed by atoms with van der Waals surface area (Å²) in [4.78, 5) is 27.5. The van der Waals surface area contributed by atoms with Gasteiger partial charge < -0.3 is 14.7 Å². The summed E-state index contributed by atoms with van der Waals surface area (Å²) in [6.07, 6.45) is 2.37. The fraction of sp³-hybridized carbons (Fsp3) is 0.417. The second-order valence-electron chi connectivity index (χ2n) is 3.85. The summed E-state index contributed by atoms with van der Waals surface area (Å²) in [7, 11) is 1.55. The number of aliphatic carboxylic acids is 1. The number of nitrogens with zero attached hydrogens (tertiary/aromatic N) is 2. The Morgan fingerprint density at radius 2 is 2.28 bits per heavy atom. The molecule has 0 aromatic carbocycles. The number of rotatable bonds is 6. The fourth-order valence-electron chi connectivity index (χ4n) is 1.36. The fourth-order valence-corrected chi connectivity index (χ4v) is 1.36. The molecule has 18 heavy (non-hydrogen) atoms. The predicted molar refractivity (Wildman–Crippen MR) is 64.2 cm³/mol. The van der Waals surface area contributed by atoms with Gasteiger partial charge in [0.1, 0.15) is 5.75 Å². The first-order valence-corrected chi connectivity index (χ1v) is 5.54. The smallest absolute Gasteiger partial charge is 0.305 e. The Kier molecular flexibility index (Phi) is 5.10. The number of ether oxygens (including phenoxy) is 1. The van der Waals surface area contributed by atoms with Crippen LogP contribution >= 0.6 is 0 Å². The lowest BCUT2D eigenvalue weighted by Gasteiger charge is -2.21. The third-order valence-electron chi connectivity index (χ3n) is 2.33. The van der Waals surface area contributed by atoms with Gasteiger partial charge in [0.25, 0.3) is 5.91 Å². The van der Waals surface area contributed by atoms with Crippen LogP contribution in [0.2, 0.25) is 0 Å². The Hall–Kier alpha value is -2.11. The molecule has 1 amide bonds. The lowest BCUT2D eigenvalue weighted by molar-refractivity contribution is -0.140. The third kappa shape index (κ3) is 4.40. The zero-order valence-corrected chi connectivity index (χ0v) is 10.4. The van der Waals surface area contributed by atoms with Gasteiger partial charge in [0, 0.05) is 19.8 Å². The molecule has 98 valence electrons. The highest BCUT2D eigenvalue weighted by molar-refractivity contribution is 5.81. The summed E-state index contributed by atoms with van der Waals surface area (Å²) in [6, 6.07) is 3.41.